The average Bonchev–Trinajstić information content (AvgIpc) is 2.34. The van der Waals surface area contributed by atoms with E-state index in [1.807, 2.05) is 0 Å². The normalized spacial score (nSPS) is 11.6. The highest BCUT2D eigenvalue weighted by Crippen LogP contribution is 2.18. The van der Waals surface area contributed by atoms with Crippen LogP contribution in [0.15, 0.2) is 24.3 Å². The molecule has 0 aliphatic rings. The van der Waals surface area contributed by atoms with E-state index >= 15 is 0 Å². The summed E-state index contributed by atoms with van der Waals surface area (Å²) in [5.41, 5.74) is 0.169. The van der Waals surface area contributed by atoms with Gasteiger partial charge < -0.3 is 5.11 Å². The molecule has 0 radical (unpaired) electrons. The highest BCUT2D eigenvalue weighted by atomic mass is 32.2. The fourth-order valence-corrected chi connectivity index (χ4v) is 2.50. The molecule has 1 rings (SSSR count). The molecule has 0 aliphatic carbocycles. The minimum absolute atomic E-state index is 0.155. The maximum absolute atomic E-state index is 13.1. The van der Waals surface area contributed by atoms with Crippen molar-refractivity contribution in [3.05, 3.63) is 30.1 Å². The summed E-state index contributed by atoms with van der Waals surface area (Å²) in [6, 6.07) is 5.14. The molecule has 1 aromatic rings. The topological polar surface area (TPSA) is 77.9 Å². The Morgan fingerprint density at radius 1 is 1.37 bits per heavy atom. The van der Waals surface area contributed by atoms with Gasteiger partial charge in [0.2, 0.25) is 0 Å². The molecule has 0 spiro atoms. The van der Waals surface area contributed by atoms with E-state index in [4.69, 9.17) is 5.11 Å². The minimum atomic E-state index is -3.87. The molecule has 0 aliphatic heterocycles. The number of aliphatic carboxylic acids is 1. The summed E-state index contributed by atoms with van der Waals surface area (Å²) in [6.45, 7) is -0.155. The van der Waals surface area contributed by atoms with Gasteiger partial charge in [0.1, 0.15) is 5.82 Å². The van der Waals surface area contributed by atoms with E-state index < -0.39 is 22.0 Å². The molecule has 0 bridgehead atoms. The van der Waals surface area contributed by atoms with Crippen molar-refractivity contribution in [1.82, 2.24) is 4.31 Å². The lowest BCUT2D eigenvalue weighted by Gasteiger charge is -2.25. The number of carboxylic acids is 1. The molecule has 0 heterocycles. The molecule has 106 valence electrons. The number of benzene rings is 1. The van der Waals surface area contributed by atoms with Gasteiger partial charge in [-0.25, -0.2) is 4.39 Å². The van der Waals surface area contributed by atoms with E-state index in [0.717, 1.165) is 14.7 Å². The first-order chi connectivity index (χ1) is 8.75. The standard InChI is InChI=1S/C11H15FN2O4S/c1-13(7-6-11(15)16)19(17,18)14(2)10-5-3-4-9(12)8-10/h3-5,8H,6-7H2,1-2H3,(H,15,16). The average molecular weight is 290 g/mol. The van der Waals surface area contributed by atoms with Crippen molar-refractivity contribution in [1.29, 1.82) is 0 Å². The van der Waals surface area contributed by atoms with Crippen LogP contribution in [0, 0.1) is 5.82 Å². The summed E-state index contributed by atoms with van der Waals surface area (Å²) in [5.74, 6) is -1.64. The van der Waals surface area contributed by atoms with E-state index in [1.165, 1.54) is 32.3 Å². The Bertz CT molecular complexity index is 562. The third kappa shape index (κ3) is 3.90. The zero-order valence-corrected chi connectivity index (χ0v) is 11.4. The summed E-state index contributed by atoms with van der Waals surface area (Å²) in [6.07, 6.45) is -0.299. The van der Waals surface area contributed by atoms with E-state index in [-0.39, 0.29) is 18.7 Å². The van der Waals surface area contributed by atoms with Gasteiger partial charge >= 0.3 is 16.2 Å². The molecule has 0 fully saturated rings. The quantitative estimate of drug-likeness (QED) is 0.845. The molecule has 6 nitrogen and oxygen atoms in total. The Morgan fingerprint density at radius 2 is 2.00 bits per heavy atom. The van der Waals surface area contributed by atoms with Crippen molar-refractivity contribution in [3.8, 4) is 0 Å². The molecule has 1 N–H and O–H groups in total. The highest BCUT2D eigenvalue weighted by molar-refractivity contribution is 7.90. The number of halogens is 1. The first kappa shape index (κ1) is 15.4. The lowest BCUT2D eigenvalue weighted by molar-refractivity contribution is -0.137. The van der Waals surface area contributed by atoms with Crippen molar-refractivity contribution in [3.63, 3.8) is 0 Å². The second-order valence-corrected chi connectivity index (χ2v) is 5.99. The molecule has 0 aromatic heterocycles. The van der Waals surface area contributed by atoms with Crippen molar-refractivity contribution in [2.24, 2.45) is 0 Å². The van der Waals surface area contributed by atoms with Crippen molar-refractivity contribution in [2.75, 3.05) is 24.9 Å². The van der Waals surface area contributed by atoms with E-state index in [2.05, 4.69) is 0 Å². The van der Waals surface area contributed by atoms with E-state index in [1.54, 1.807) is 0 Å². The fraction of sp³-hybridized carbons (Fsp3) is 0.364. The Morgan fingerprint density at radius 3 is 2.53 bits per heavy atom. The lowest BCUT2D eigenvalue weighted by atomic mass is 10.3. The van der Waals surface area contributed by atoms with Gasteiger partial charge in [0.15, 0.2) is 0 Å². The summed E-state index contributed by atoms with van der Waals surface area (Å²) < 4.78 is 39.0. The third-order valence-corrected chi connectivity index (χ3v) is 4.43. The van der Waals surface area contributed by atoms with Crippen molar-refractivity contribution >= 4 is 21.9 Å². The SMILES string of the molecule is CN(CCC(=O)O)S(=O)(=O)N(C)c1cccc(F)c1. The predicted octanol–water partition coefficient (Wildman–Crippen LogP) is 0.913. The lowest BCUT2D eigenvalue weighted by Crippen LogP contribution is -2.40. The van der Waals surface area contributed by atoms with Crippen LogP contribution in [0.1, 0.15) is 6.42 Å². The van der Waals surface area contributed by atoms with Crippen molar-refractivity contribution < 1.29 is 22.7 Å². The Labute approximate surface area is 111 Å². The maximum atomic E-state index is 13.1. The molecule has 0 amide bonds. The van der Waals surface area contributed by atoms with Crippen LogP contribution in [-0.4, -0.2) is 44.4 Å². The van der Waals surface area contributed by atoms with Crippen LogP contribution < -0.4 is 4.31 Å². The summed E-state index contributed by atoms with van der Waals surface area (Å²) in [5, 5.41) is 8.54. The third-order valence-electron chi connectivity index (χ3n) is 2.55. The highest BCUT2D eigenvalue weighted by Gasteiger charge is 2.24. The number of carboxylic acid groups (broad SMARTS) is 1. The van der Waals surface area contributed by atoms with E-state index in [9.17, 15) is 17.6 Å². The van der Waals surface area contributed by atoms with E-state index in [0.29, 0.717) is 0 Å². The molecule has 19 heavy (non-hydrogen) atoms. The van der Waals surface area contributed by atoms with Gasteiger partial charge in [0, 0.05) is 20.6 Å². The van der Waals surface area contributed by atoms with Gasteiger partial charge in [-0.2, -0.15) is 12.7 Å². The zero-order valence-electron chi connectivity index (χ0n) is 10.6. The second-order valence-electron chi connectivity index (χ2n) is 3.92. The first-order valence-electron chi connectivity index (χ1n) is 5.42. The largest absolute Gasteiger partial charge is 0.481 e. The minimum Gasteiger partial charge on any atom is -0.481 e. The van der Waals surface area contributed by atoms with Gasteiger partial charge in [-0.15, -0.1) is 0 Å². The molecular formula is C11H15FN2O4S. The van der Waals surface area contributed by atoms with Crippen molar-refractivity contribution in [2.45, 2.75) is 6.42 Å². The molecule has 8 heteroatoms. The smallest absolute Gasteiger partial charge is 0.304 e. The maximum Gasteiger partial charge on any atom is 0.304 e. The second kappa shape index (κ2) is 5.98. The Hall–Kier alpha value is -1.67. The van der Waals surface area contributed by atoms with Crippen LogP contribution in [0.25, 0.3) is 0 Å². The van der Waals surface area contributed by atoms with Gasteiger partial charge in [0.25, 0.3) is 0 Å². The van der Waals surface area contributed by atoms with Crippen LogP contribution in [-0.2, 0) is 15.0 Å². The number of rotatable bonds is 6. The number of anilines is 1. The first-order valence-corrected chi connectivity index (χ1v) is 6.82. The summed E-state index contributed by atoms with van der Waals surface area (Å²) in [7, 11) is -1.32. The number of hydrogen-bond acceptors (Lipinski definition) is 3. The van der Waals surface area contributed by atoms with Crippen LogP contribution in [0.4, 0.5) is 10.1 Å². The van der Waals surface area contributed by atoms with Gasteiger partial charge in [0.05, 0.1) is 12.1 Å². The molecular weight excluding hydrogens is 275 g/mol. The summed E-state index contributed by atoms with van der Waals surface area (Å²) in [4.78, 5) is 10.4. The molecule has 0 saturated carbocycles. The molecule has 0 unspecified atom stereocenters. The monoisotopic (exact) mass is 290 g/mol. The van der Waals surface area contributed by atoms with Crippen LogP contribution in [0.3, 0.4) is 0 Å². The number of hydrogen-bond donors (Lipinski definition) is 1. The predicted molar refractivity (Wildman–Crippen MR) is 68.6 cm³/mol. The van der Waals surface area contributed by atoms with Gasteiger partial charge in [-0.05, 0) is 18.2 Å². The zero-order chi connectivity index (χ0) is 14.6. The molecule has 0 saturated heterocycles. The van der Waals surface area contributed by atoms with Crippen LogP contribution in [0.5, 0.6) is 0 Å². The Kier molecular flexibility index (Phi) is 4.84. The van der Waals surface area contributed by atoms with Gasteiger partial charge in [-0.3, -0.25) is 9.10 Å². The van der Waals surface area contributed by atoms with Gasteiger partial charge in [-0.1, -0.05) is 6.07 Å². The molecule has 1 aromatic carbocycles. The fourth-order valence-electron chi connectivity index (χ4n) is 1.38. The van der Waals surface area contributed by atoms with Crippen LogP contribution in [0.2, 0.25) is 0 Å². The Balaban J connectivity index is 2.90. The molecule has 0 atom stereocenters. The number of carbonyl (C=O) groups is 1. The number of nitrogens with zero attached hydrogens (tertiary/aromatic N) is 2. The van der Waals surface area contributed by atoms with Crippen LogP contribution >= 0.6 is 0 Å². The summed E-state index contributed by atoms with van der Waals surface area (Å²) >= 11 is 0.